The Kier molecular flexibility index (Phi) is 6.43. The molecule has 0 aliphatic rings. The van der Waals surface area contributed by atoms with Crippen molar-refractivity contribution >= 4 is 33.2 Å². The molecule has 156 valence electrons. The van der Waals surface area contributed by atoms with Crippen molar-refractivity contribution in [2.45, 2.75) is 17.9 Å². The summed E-state index contributed by atoms with van der Waals surface area (Å²) < 4.78 is 40.2. The van der Waals surface area contributed by atoms with Gasteiger partial charge in [0, 0.05) is 23.3 Å². The second kappa shape index (κ2) is 8.85. The lowest BCUT2D eigenvalue weighted by molar-refractivity contribution is 0.0742. The summed E-state index contributed by atoms with van der Waals surface area (Å²) in [4.78, 5) is 14.3. The molecule has 0 saturated heterocycles. The molecule has 0 aliphatic heterocycles. The first-order chi connectivity index (χ1) is 14.2. The maximum Gasteiger partial charge on any atom is 0.261 e. The molecular formula is C22H20ClFN2O3S. The highest BCUT2D eigenvalue weighted by Crippen LogP contribution is 2.23. The maximum absolute atomic E-state index is 13.0. The number of nitrogens with zero attached hydrogens (tertiary/aromatic N) is 1. The van der Waals surface area contributed by atoms with Gasteiger partial charge in [0.1, 0.15) is 5.82 Å². The standard InChI is InChI=1S/C22H20ClFN2O3S/c1-15(16-3-7-18(23)8-4-16)26(2)22(27)17-5-11-20(12-6-17)25-30(28,29)21-13-9-19(24)10-14-21/h3-15,25H,1-2H3. The highest BCUT2D eigenvalue weighted by Gasteiger charge is 2.19. The summed E-state index contributed by atoms with van der Waals surface area (Å²) in [6, 6.07) is 17.7. The molecule has 3 rings (SSSR count). The molecule has 0 saturated carbocycles. The SMILES string of the molecule is CC(c1ccc(Cl)cc1)N(C)C(=O)c1ccc(NS(=O)(=O)c2ccc(F)cc2)cc1. The van der Waals surface area contributed by atoms with Crippen molar-refractivity contribution in [1.82, 2.24) is 4.90 Å². The van der Waals surface area contributed by atoms with Crippen LogP contribution in [0.25, 0.3) is 0 Å². The smallest absolute Gasteiger partial charge is 0.261 e. The van der Waals surface area contributed by atoms with Gasteiger partial charge in [0.25, 0.3) is 15.9 Å². The molecule has 0 spiro atoms. The number of anilines is 1. The number of carbonyl (C=O) groups excluding carboxylic acids is 1. The number of amides is 1. The summed E-state index contributed by atoms with van der Waals surface area (Å²) >= 11 is 5.92. The maximum atomic E-state index is 13.0. The highest BCUT2D eigenvalue weighted by atomic mass is 35.5. The van der Waals surface area contributed by atoms with Crippen LogP contribution in [0.15, 0.2) is 77.7 Å². The van der Waals surface area contributed by atoms with E-state index in [1.165, 1.54) is 24.3 Å². The van der Waals surface area contributed by atoms with Crippen molar-refractivity contribution in [3.63, 3.8) is 0 Å². The summed E-state index contributed by atoms with van der Waals surface area (Å²) in [6.45, 7) is 1.91. The van der Waals surface area contributed by atoms with E-state index in [0.29, 0.717) is 16.3 Å². The van der Waals surface area contributed by atoms with Gasteiger partial charge in [-0.05, 0) is 73.2 Å². The molecule has 1 N–H and O–H groups in total. The largest absolute Gasteiger partial charge is 0.335 e. The van der Waals surface area contributed by atoms with Crippen molar-refractivity contribution in [3.8, 4) is 0 Å². The second-order valence-corrected chi connectivity index (χ2v) is 8.90. The zero-order chi connectivity index (χ0) is 21.9. The number of halogens is 2. The molecule has 3 aromatic rings. The van der Waals surface area contributed by atoms with Crippen LogP contribution in [0.2, 0.25) is 5.02 Å². The van der Waals surface area contributed by atoms with E-state index < -0.39 is 15.8 Å². The lowest BCUT2D eigenvalue weighted by Crippen LogP contribution is -2.29. The van der Waals surface area contributed by atoms with E-state index in [-0.39, 0.29) is 16.8 Å². The molecule has 5 nitrogen and oxygen atoms in total. The molecule has 30 heavy (non-hydrogen) atoms. The lowest BCUT2D eigenvalue weighted by Gasteiger charge is -2.25. The van der Waals surface area contributed by atoms with Gasteiger partial charge in [0.2, 0.25) is 0 Å². The van der Waals surface area contributed by atoms with Gasteiger partial charge in [-0.1, -0.05) is 23.7 Å². The first kappa shape index (κ1) is 21.8. The van der Waals surface area contributed by atoms with E-state index in [1.54, 1.807) is 36.2 Å². The minimum atomic E-state index is -3.86. The van der Waals surface area contributed by atoms with Crippen molar-refractivity contribution in [3.05, 3.63) is 94.8 Å². The Morgan fingerprint density at radius 2 is 1.53 bits per heavy atom. The minimum absolute atomic E-state index is 0.0550. The molecule has 3 aromatic carbocycles. The summed E-state index contributed by atoms with van der Waals surface area (Å²) in [5.41, 5.74) is 1.66. The van der Waals surface area contributed by atoms with Crippen molar-refractivity contribution in [2.75, 3.05) is 11.8 Å². The fourth-order valence-electron chi connectivity index (χ4n) is 2.85. The van der Waals surface area contributed by atoms with Crippen molar-refractivity contribution in [1.29, 1.82) is 0 Å². The normalized spacial score (nSPS) is 12.3. The minimum Gasteiger partial charge on any atom is -0.335 e. The van der Waals surface area contributed by atoms with E-state index >= 15 is 0 Å². The van der Waals surface area contributed by atoms with Gasteiger partial charge in [0.15, 0.2) is 0 Å². The van der Waals surface area contributed by atoms with Crippen LogP contribution in [0.3, 0.4) is 0 Å². The first-order valence-corrected chi connectivity index (χ1v) is 10.9. The number of benzene rings is 3. The van der Waals surface area contributed by atoms with E-state index in [4.69, 9.17) is 11.6 Å². The molecule has 1 amide bonds. The van der Waals surface area contributed by atoms with Crippen LogP contribution in [-0.2, 0) is 10.0 Å². The van der Waals surface area contributed by atoms with Crippen molar-refractivity contribution < 1.29 is 17.6 Å². The fraction of sp³-hybridized carbons (Fsp3) is 0.136. The Morgan fingerprint density at radius 3 is 2.10 bits per heavy atom. The third-order valence-electron chi connectivity index (χ3n) is 4.76. The molecule has 0 heterocycles. The number of nitrogens with one attached hydrogen (secondary N) is 1. The predicted octanol–water partition coefficient (Wildman–Crippen LogP) is 5.11. The van der Waals surface area contributed by atoms with Crippen LogP contribution in [0.1, 0.15) is 28.9 Å². The van der Waals surface area contributed by atoms with E-state index in [2.05, 4.69) is 4.72 Å². The van der Waals surface area contributed by atoms with E-state index in [1.807, 2.05) is 19.1 Å². The van der Waals surface area contributed by atoms with Crippen LogP contribution in [0.4, 0.5) is 10.1 Å². The molecule has 0 aromatic heterocycles. The number of sulfonamides is 1. The van der Waals surface area contributed by atoms with E-state index in [0.717, 1.165) is 17.7 Å². The van der Waals surface area contributed by atoms with Gasteiger partial charge < -0.3 is 4.90 Å². The number of hydrogen-bond donors (Lipinski definition) is 1. The van der Waals surface area contributed by atoms with Gasteiger partial charge in [-0.2, -0.15) is 0 Å². The summed E-state index contributed by atoms with van der Waals surface area (Å²) in [6.07, 6.45) is 0. The molecule has 8 heteroatoms. The van der Waals surface area contributed by atoms with Gasteiger partial charge in [0.05, 0.1) is 10.9 Å². The molecule has 0 bridgehead atoms. The molecular weight excluding hydrogens is 427 g/mol. The average molecular weight is 447 g/mol. The van der Waals surface area contributed by atoms with Crippen LogP contribution in [-0.4, -0.2) is 26.3 Å². The molecule has 0 fully saturated rings. The van der Waals surface area contributed by atoms with E-state index in [9.17, 15) is 17.6 Å². The van der Waals surface area contributed by atoms with Gasteiger partial charge >= 0.3 is 0 Å². The summed E-state index contributed by atoms with van der Waals surface area (Å²) in [5, 5.41) is 0.624. The number of hydrogen-bond acceptors (Lipinski definition) is 3. The third kappa shape index (κ3) is 4.98. The Labute approximate surface area is 180 Å². The highest BCUT2D eigenvalue weighted by molar-refractivity contribution is 7.92. The van der Waals surface area contributed by atoms with Crippen molar-refractivity contribution in [2.24, 2.45) is 0 Å². The Bertz CT molecular complexity index is 1130. The number of carbonyl (C=O) groups is 1. The average Bonchev–Trinajstić information content (AvgIpc) is 2.73. The topological polar surface area (TPSA) is 66.5 Å². The first-order valence-electron chi connectivity index (χ1n) is 9.08. The molecule has 1 atom stereocenters. The quantitative estimate of drug-likeness (QED) is 0.572. The predicted molar refractivity (Wildman–Crippen MR) is 116 cm³/mol. The summed E-state index contributed by atoms with van der Waals surface area (Å²) in [5.74, 6) is -0.723. The van der Waals surface area contributed by atoms with Crippen LogP contribution in [0.5, 0.6) is 0 Å². The zero-order valence-corrected chi connectivity index (χ0v) is 17.9. The van der Waals surface area contributed by atoms with Gasteiger partial charge in [-0.25, -0.2) is 12.8 Å². The molecule has 0 aliphatic carbocycles. The Morgan fingerprint density at radius 1 is 0.967 bits per heavy atom. The van der Waals surface area contributed by atoms with Gasteiger partial charge in [-0.15, -0.1) is 0 Å². The van der Waals surface area contributed by atoms with Crippen LogP contribution in [0, 0.1) is 5.82 Å². The number of rotatable bonds is 6. The summed E-state index contributed by atoms with van der Waals surface area (Å²) in [7, 11) is -2.15. The second-order valence-electron chi connectivity index (χ2n) is 6.78. The monoisotopic (exact) mass is 446 g/mol. The van der Waals surface area contributed by atoms with Crippen LogP contribution >= 0.6 is 11.6 Å². The van der Waals surface area contributed by atoms with Gasteiger partial charge in [-0.3, -0.25) is 9.52 Å². The zero-order valence-electron chi connectivity index (χ0n) is 16.3. The lowest BCUT2D eigenvalue weighted by atomic mass is 10.1. The molecule has 0 radical (unpaired) electrons. The fourth-order valence-corrected chi connectivity index (χ4v) is 4.04. The Balaban J connectivity index is 1.72. The van der Waals surface area contributed by atoms with Crippen LogP contribution < -0.4 is 4.72 Å². The third-order valence-corrected chi connectivity index (χ3v) is 6.41. The Hall–Kier alpha value is -2.90. The molecule has 1 unspecified atom stereocenters.